The van der Waals surface area contributed by atoms with E-state index in [0.717, 1.165) is 6.07 Å². The number of nitro benzene ring substituents is 1. The summed E-state index contributed by atoms with van der Waals surface area (Å²) in [5, 5.41) is 33.4. The van der Waals surface area contributed by atoms with Gasteiger partial charge in [-0.3, -0.25) is 19.7 Å². The highest BCUT2D eigenvalue weighted by Gasteiger charge is 2.21. The van der Waals surface area contributed by atoms with Crippen LogP contribution in [0.5, 0.6) is 0 Å². The number of halogens is 1. The van der Waals surface area contributed by atoms with Crippen LogP contribution in [0.3, 0.4) is 0 Å². The molecule has 0 radical (unpaired) electrons. The Kier molecular flexibility index (Phi) is 7.39. The van der Waals surface area contributed by atoms with Crippen LogP contribution in [0.15, 0.2) is 18.2 Å². The van der Waals surface area contributed by atoms with Crippen LogP contribution in [0.1, 0.15) is 12.8 Å². The Bertz CT molecular complexity index is 595. The summed E-state index contributed by atoms with van der Waals surface area (Å²) in [6, 6.07) is 2.62. The number of aliphatic carboxylic acids is 1. The fourth-order valence-electron chi connectivity index (χ4n) is 1.73. The molecule has 0 heterocycles. The van der Waals surface area contributed by atoms with E-state index in [1.807, 2.05) is 0 Å². The van der Waals surface area contributed by atoms with Crippen LogP contribution < -0.4 is 10.6 Å². The highest BCUT2D eigenvalue weighted by atomic mass is 35.5. The van der Waals surface area contributed by atoms with Crippen LogP contribution in [-0.2, 0) is 9.59 Å². The molecule has 10 heteroatoms. The Morgan fingerprint density at radius 3 is 2.65 bits per heavy atom. The first-order valence-electron chi connectivity index (χ1n) is 6.66. The van der Waals surface area contributed by atoms with Crippen molar-refractivity contribution < 1.29 is 24.7 Å². The molecule has 4 N–H and O–H groups in total. The Labute approximate surface area is 136 Å². The van der Waals surface area contributed by atoms with E-state index >= 15 is 0 Å². The highest BCUT2D eigenvalue weighted by molar-refractivity contribution is 6.32. The molecule has 0 spiro atoms. The third kappa shape index (κ3) is 6.19. The maximum Gasteiger partial charge on any atom is 0.321 e. The molecule has 23 heavy (non-hydrogen) atoms. The molecule has 0 aliphatic rings. The Morgan fingerprint density at radius 1 is 1.39 bits per heavy atom. The van der Waals surface area contributed by atoms with Crippen molar-refractivity contribution in [2.75, 3.05) is 18.5 Å². The SMILES string of the molecule is O=C(CC(NCCCO)C(=O)O)Nc1ccc(Cl)c([N+](=O)[O-])c1. The zero-order chi connectivity index (χ0) is 17.4. The maximum atomic E-state index is 11.9. The topological polar surface area (TPSA) is 142 Å². The summed E-state index contributed by atoms with van der Waals surface area (Å²) in [5.74, 6) is -1.83. The number of carboxylic acids is 1. The van der Waals surface area contributed by atoms with E-state index in [0.29, 0.717) is 6.42 Å². The molecular weight excluding hydrogens is 330 g/mol. The largest absolute Gasteiger partial charge is 0.480 e. The molecule has 1 unspecified atom stereocenters. The number of nitrogens with zero attached hydrogens (tertiary/aromatic N) is 1. The minimum atomic E-state index is -1.21. The lowest BCUT2D eigenvalue weighted by molar-refractivity contribution is -0.384. The number of nitro groups is 1. The molecule has 1 atom stereocenters. The number of carboxylic acid groups (broad SMARTS) is 1. The normalized spacial score (nSPS) is 11.7. The zero-order valence-corrected chi connectivity index (χ0v) is 12.7. The van der Waals surface area contributed by atoms with Crippen LogP contribution in [-0.4, -0.2) is 46.2 Å². The molecule has 1 amide bonds. The molecule has 0 fully saturated rings. The third-order valence-corrected chi connectivity index (χ3v) is 3.16. The Hall–Kier alpha value is -2.23. The van der Waals surface area contributed by atoms with Crippen molar-refractivity contribution in [1.82, 2.24) is 5.32 Å². The second kappa shape index (κ2) is 9.03. The van der Waals surface area contributed by atoms with Crippen LogP contribution in [0.2, 0.25) is 5.02 Å². The van der Waals surface area contributed by atoms with Gasteiger partial charge in [-0.05, 0) is 25.1 Å². The van der Waals surface area contributed by atoms with Crippen molar-refractivity contribution in [2.24, 2.45) is 0 Å². The average Bonchev–Trinajstić information content (AvgIpc) is 2.48. The lowest BCUT2D eigenvalue weighted by atomic mass is 10.2. The summed E-state index contributed by atoms with van der Waals surface area (Å²) in [6.45, 7) is 0.146. The van der Waals surface area contributed by atoms with Gasteiger partial charge >= 0.3 is 5.97 Å². The molecule has 1 rings (SSSR count). The summed E-state index contributed by atoms with van der Waals surface area (Å²) in [4.78, 5) is 33.0. The van der Waals surface area contributed by atoms with Gasteiger partial charge in [0.15, 0.2) is 0 Å². The van der Waals surface area contributed by atoms with Gasteiger partial charge in [0.05, 0.1) is 11.3 Å². The Morgan fingerprint density at radius 2 is 2.09 bits per heavy atom. The monoisotopic (exact) mass is 345 g/mol. The summed E-state index contributed by atoms with van der Waals surface area (Å²) in [6.07, 6.45) is -0.00797. The van der Waals surface area contributed by atoms with Gasteiger partial charge in [0.25, 0.3) is 5.69 Å². The van der Waals surface area contributed by atoms with Crippen molar-refractivity contribution in [3.05, 3.63) is 33.3 Å². The predicted octanol–water partition coefficient (Wildman–Crippen LogP) is 1.00. The average molecular weight is 346 g/mol. The van der Waals surface area contributed by atoms with E-state index in [1.165, 1.54) is 12.1 Å². The van der Waals surface area contributed by atoms with Crippen molar-refractivity contribution in [3.63, 3.8) is 0 Å². The van der Waals surface area contributed by atoms with Crippen molar-refractivity contribution in [1.29, 1.82) is 0 Å². The van der Waals surface area contributed by atoms with Gasteiger partial charge < -0.3 is 20.8 Å². The molecule has 0 saturated heterocycles. The molecule has 0 aromatic heterocycles. The van der Waals surface area contributed by atoms with Gasteiger partial charge in [0.2, 0.25) is 5.91 Å². The molecule has 9 nitrogen and oxygen atoms in total. The molecule has 1 aromatic rings. The van der Waals surface area contributed by atoms with E-state index in [9.17, 15) is 19.7 Å². The fraction of sp³-hybridized carbons (Fsp3) is 0.385. The van der Waals surface area contributed by atoms with Gasteiger partial charge in [0, 0.05) is 18.4 Å². The molecule has 0 bridgehead atoms. The van der Waals surface area contributed by atoms with Crippen molar-refractivity contribution in [3.8, 4) is 0 Å². The van der Waals surface area contributed by atoms with E-state index in [-0.39, 0.29) is 36.0 Å². The summed E-state index contributed by atoms with van der Waals surface area (Å²) in [5.41, 5.74) is -0.217. The number of anilines is 1. The predicted molar refractivity (Wildman–Crippen MR) is 82.5 cm³/mol. The summed E-state index contributed by atoms with van der Waals surface area (Å²) < 4.78 is 0. The highest BCUT2D eigenvalue weighted by Crippen LogP contribution is 2.27. The number of nitrogens with one attached hydrogen (secondary N) is 2. The first-order chi connectivity index (χ1) is 10.8. The van der Waals surface area contributed by atoms with Crippen LogP contribution in [0.4, 0.5) is 11.4 Å². The molecule has 126 valence electrons. The summed E-state index contributed by atoms with van der Waals surface area (Å²) in [7, 11) is 0. The number of aliphatic hydroxyl groups excluding tert-OH is 1. The van der Waals surface area contributed by atoms with E-state index < -0.39 is 22.8 Å². The molecular formula is C13H16ClN3O6. The summed E-state index contributed by atoms with van der Waals surface area (Å²) >= 11 is 5.66. The van der Waals surface area contributed by atoms with Gasteiger partial charge in [-0.1, -0.05) is 11.6 Å². The van der Waals surface area contributed by atoms with E-state index in [2.05, 4.69) is 10.6 Å². The van der Waals surface area contributed by atoms with E-state index in [4.69, 9.17) is 21.8 Å². The standard InChI is InChI=1S/C13H16ClN3O6/c14-9-3-2-8(6-11(9)17(22)23)16-12(19)7-10(13(20)21)15-4-1-5-18/h2-3,6,10,15,18H,1,4-5,7H2,(H,16,19)(H,20,21). The number of carbonyl (C=O) groups is 2. The second-order valence-corrected chi connectivity index (χ2v) is 5.00. The third-order valence-electron chi connectivity index (χ3n) is 2.84. The molecule has 0 saturated carbocycles. The van der Waals surface area contributed by atoms with Gasteiger partial charge in [0.1, 0.15) is 11.1 Å². The van der Waals surface area contributed by atoms with Gasteiger partial charge in [-0.25, -0.2) is 0 Å². The second-order valence-electron chi connectivity index (χ2n) is 4.60. The first kappa shape index (κ1) is 18.8. The van der Waals surface area contributed by atoms with Crippen molar-refractivity contribution in [2.45, 2.75) is 18.9 Å². The lowest BCUT2D eigenvalue weighted by Crippen LogP contribution is -2.40. The van der Waals surface area contributed by atoms with Crippen molar-refractivity contribution >= 4 is 34.9 Å². The van der Waals surface area contributed by atoms with Crippen LogP contribution in [0.25, 0.3) is 0 Å². The quantitative estimate of drug-likeness (QED) is 0.297. The van der Waals surface area contributed by atoms with Crippen LogP contribution in [0, 0.1) is 10.1 Å². The molecule has 0 aliphatic carbocycles. The van der Waals surface area contributed by atoms with Gasteiger partial charge in [-0.2, -0.15) is 0 Å². The smallest absolute Gasteiger partial charge is 0.321 e. The minimum Gasteiger partial charge on any atom is -0.480 e. The number of benzene rings is 1. The number of rotatable bonds is 9. The number of amides is 1. The number of carbonyl (C=O) groups excluding carboxylic acids is 1. The lowest BCUT2D eigenvalue weighted by Gasteiger charge is -2.14. The minimum absolute atomic E-state index is 0.0675. The number of hydrogen-bond donors (Lipinski definition) is 4. The Balaban J connectivity index is 2.69. The molecule has 1 aromatic carbocycles. The first-order valence-corrected chi connectivity index (χ1v) is 7.03. The fourth-order valence-corrected chi connectivity index (χ4v) is 1.92. The molecule has 0 aliphatic heterocycles. The number of hydrogen-bond acceptors (Lipinski definition) is 6. The van der Waals surface area contributed by atoms with Crippen LogP contribution >= 0.6 is 11.6 Å². The number of aliphatic hydroxyl groups is 1. The zero-order valence-electron chi connectivity index (χ0n) is 12.0. The van der Waals surface area contributed by atoms with E-state index in [1.54, 1.807) is 0 Å². The van der Waals surface area contributed by atoms with Gasteiger partial charge in [-0.15, -0.1) is 0 Å². The maximum absolute atomic E-state index is 11.9.